The number of hydrogen-bond donors (Lipinski definition) is 1. The minimum atomic E-state index is -0.687. The van der Waals surface area contributed by atoms with Crippen molar-refractivity contribution in [3.05, 3.63) is 59.4 Å². The van der Waals surface area contributed by atoms with Gasteiger partial charge in [0, 0.05) is 6.42 Å². The monoisotopic (exact) mass is 290 g/mol. The molecule has 0 aliphatic carbocycles. The molecule has 0 bridgehead atoms. The largest absolute Gasteiger partial charge is 0.497 e. The molecule has 0 saturated carbocycles. The molecule has 2 aromatic rings. The fraction of sp³-hybridized carbons (Fsp3) is 0.294. The highest BCUT2D eigenvalue weighted by Crippen LogP contribution is 2.22. The Morgan fingerprint density at radius 1 is 1.14 bits per heavy atom. The standard InChI is InChI=1S/C17H19FO3/c1-12(19)14-5-8-17(16(18)11-14)21-10-9-13-3-6-15(20-2)7-4-13/h3-8,11-12,19H,9-10H2,1-2H3/t12-/m0/s1. The van der Waals surface area contributed by atoms with E-state index in [0.717, 1.165) is 11.3 Å². The summed E-state index contributed by atoms with van der Waals surface area (Å²) in [6, 6.07) is 12.2. The molecular weight excluding hydrogens is 271 g/mol. The van der Waals surface area contributed by atoms with Crippen LogP contribution >= 0.6 is 0 Å². The van der Waals surface area contributed by atoms with E-state index in [2.05, 4.69) is 0 Å². The molecule has 112 valence electrons. The Bertz CT molecular complexity index is 579. The van der Waals surface area contributed by atoms with E-state index in [1.54, 1.807) is 26.2 Å². The van der Waals surface area contributed by atoms with Gasteiger partial charge < -0.3 is 14.6 Å². The molecule has 2 aromatic carbocycles. The topological polar surface area (TPSA) is 38.7 Å². The third-order valence-corrected chi connectivity index (χ3v) is 3.25. The van der Waals surface area contributed by atoms with Crippen molar-refractivity contribution >= 4 is 0 Å². The van der Waals surface area contributed by atoms with Crippen molar-refractivity contribution in [3.63, 3.8) is 0 Å². The van der Waals surface area contributed by atoms with Gasteiger partial charge in [0.2, 0.25) is 0 Å². The maximum absolute atomic E-state index is 13.8. The zero-order valence-electron chi connectivity index (χ0n) is 12.2. The highest BCUT2D eigenvalue weighted by Gasteiger charge is 2.08. The van der Waals surface area contributed by atoms with E-state index in [-0.39, 0.29) is 5.75 Å². The zero-order chi connectivity index (χ0) is 15.2. The lowest BCUT2D eigenvalue weighted by Gasteiger charge is -2.10. The van der Waals surface area contributed by atoms with Crippen molar-refractivity contribution in [2.24, 2.45) is 0 Å². The minimum Gasteiger partial charge on any atom is -0.497 e. The molecule has 1 N–H and O–H groups in total. The molecule has 3 nitrogen and oxygen atoms in total. The predicted octanol–water partition coefficient (Wildman–Crippen LogP) is 3.51. The highest BCUT2D eigenvalue weighted by atomic mass is 19.1. The van der Waals surface area contributed by atoms with Crippen LogP contribution in [-0.2, 0) is 6.42 Å². The molecule has 0 unspecified atom stereocenters. The molecule has 0 fully saturated rings. The molecule has 0 aliphatic rings. The van der Waals surface area contributed by atoms with Crippen LogP contribution in [0.15, 0.2) is 42.5 Å². The summed E-state index contributed by atoms with van der Waals surface area (Å²) >= 11 is 0. The Hall–Kier alpha value is -2.07. The van der Waals surface area contributed by atoms with Crippen LogP contribution in [0.2, 0.25) is 0 Å². The minimum absolute atomic E-state index is 0.202. The summed E-state index contributed by atoms with van der Waals surface area (Å²) in [5.41, 5.74) is 1.63. The van der Waals surface area contributed by atoms with Gasteiger partial charge in [-0.15, -0.1) is 0 Å². The van der Waals surface area contributed by atoms with Crippen molar-refractivity contribution in [3.8, 4) is 11.5 Å². The second-order valence-electron chi connectivity index (χ2n) is 4.81. The fourth-order valence-corrected chi connectivity index (χ4v) is 1.97. The third kappa shape index (κ3) is 4.20. The number of methoxy groups -OCH3 is 1. The van der Waals surface area contributed by atoms with Crippen molar-refractivity contribution in [2.45, 2.75) is 19.4 Å². The quantitative estimate of drug-likeness (QED) is 0.885. The zero-order valence-corrected chi connectivity index (χ0v) is 12.2. The summed E-state index contributed by atoms with van der Waals surface area (Å²) in [4.78, 5) is 0. The van der Waals surface area contributed by atoms with Crippen molar-refractivity contribution in [1.29, 1.82) is 0 Å². The lowest BCUT2D eigenvalue weighted by molar-refractivity contribution is 0.198. The molecule has 1 atom stereocenters. The maximum Gasteiger partial charge on any atom is 0.165 e. The highest BCUT2D eigenvalue weighted by molar-refractivity contribution is 5.31. The number of benzene rings is 2. The summed E-state index contributed by atoms with van der Waals surface area (Å²) in [6.45, 7) is 1.98. The first-order valence-corrected chi connectivity index (χ1v) is 6.83. The number of hydrogen-bond acceptors (Lipinski definition) is 3. The first-order chi connectivity index (χ1) is 10.1. The van der Waals surface area contributed by atoms with E-state index in [1.807, 2.05) is 24.3 Å². The maximum atomic E-state index is 13.8. The Balaban J connectivity index is 1.90. The van der Waals surface area contributed by atoms with Crippen LogP contribution in [0, 0.1) is 5.82 Å². The summed E-state index contributed by atoms with van der Waals surface area (Å²) < 4.78 is 24.3. The summed E-state index contributed by atoms with van der Waals surface area (Å²) in [6.07, 6.45) is -0.00505. The van der Waals surface area contributed by atoms with E-state index < -0.39 is 11.9 Å². The van der Waals surface area contributed by atoms with E-state index in [0.29, 0.717) is 18.6 Å². The second-order valence-corrected chi connectivity index (χ2v) is 4.81. The molecule has 0 amide bonds. The lowest BCUT2D eigenvalue weighted by atomic mass is 10.1. The van der Waals surface area contributed by atoms with Crippen LogP contribution < -0.4 is 9.47 Å². The van der Waals surface area contributed by atoms with E-state index in [1.165, 1.54) is 6.07 Å². The second kappa shape index (κ2) is 7.09. The molecule has 2 rings (SSSR count). The van der Waals surface area contributed by atoms with Crippen LogP contribution in [0.1, 0.15) is 24.2 Å². The van der Waals surface area contributed by atoms with E-state index in [4.69, 9.17) is 9.47 Å². The van der Waals surface area contributed by atoms with Crippen LogP contribution in [-0.4, -0.2) is 18.8 Å². The number of aliphatic hydroxyl groups is 1. The molecular formula is C17H19FO3. The van der Waals surface area contributed by atoms with Gasteiger partial charge in [0.05, 0.1) is 19.8 Å². The first kappa shape index (κ1) is 15.3. The molecule has 4 heteroatoms. The average Bonchev–Trinajstić information content (AvgIpc) is 2.49. The molecule has 0 saturated heterocycles. The van der Waals surface area contributed by atoms with Crippen LogP contribution in [0.25, 0.3) is 0 Å². The van der Waals surface area contributed by atoms with Crippen LogP contribution in [0.3, 0.4) is 0 Å². The number of rotatable bonds is 6. The average molecular weight is 290 g/mol. The van der Waals surface area contributed by atoms with Gasteiger partial charge in [0.1, 0.15) is 5.75 Å². The normalized spacial score (nSPS) is 12.0. The fourth-order valence-electron chi connectivity index (χ4n) is 1.97. The summed E-state index contributed by atoms with van der Waals surface area (Å²) in [5, 5.41) is 9.39. The van der Waals surface area contributed by atoms with Gasteiger partial charge in [-0.1, -0.05) is 18.2 Å². The molecule has 0 aromatic heterocycles. The molecule has 0 heterocycles. The Morgan fingerprint density at radius 2 is 1.86 bits per heavy atom. The van der Waals surface area contributed by atoms with Crippen LogP contribution in [0.5, 0.6) is 11.5 Å². The Labute approximate surface area is 124 Å². The SMILES string of the molecule is COc1ccc(CCOc2ccc([C@H](C)O)cc2F)cc1. The number of aliphatic hydroxyl groups excluding tert-OH is 1. The predicted molar refractivity (Wildman–Crippen MR) is 79.2 cm³/mol. The third-order valence-electron chi connectivity index (χ3n) is 3.25. The molecule has 21 heavy (non-hydrogen) atoms. The number of halogens is 1. The van der Waals surface area contributed by atoms with Crippen LogP contribution in [0.4, 0.5) is 4.39 Å². The van der Waals surface area contributed by atoms with Crippen molar-refractivity contribution in [1.82, 2.24) is 0 Å². The van der Waals surface area contributed by atoms with Gasteiger partial charge in [0.15, 0.2) is 11.6 Å². The van der Waals surface area contributed by atoms with Gasteiger partial charge in [-0.25, -0.2) is 4.39 Å². The van der Waals surface area contributed by atoms with Gasteiger partial charge in [0.25, 0.3) is 0 Å². The number of ether oxygens (including phenoxy) is 2. The van der Waals surface area contributed by atoms with Gasteiger partial charge >= 0.3 is 0 Å². The smallest absolute Gasteiger partial charge is 0.165 e. The molecule has 0 radical (unpaired) electrons. The van der Waals surface area contributed by atoms with E-state index in [9.17, 15) is 9.50 Å². The Morgan fingerprint density at radius 3 is 2.43 bits per heavy atom. The van der Waals surface area contributed by atoms with Crippen molar-refractivity contribution < 1.29 is 19.0 Å². The van der Waals surface area contributed by atoms with Gasteiger partial charge in [-0.2, -0.15) is 0 Å². The van der Waals surface area contributed by atoms with Gasteiger partial charge in [-0.05, 0) is 42.3 Å². The molecule has 0 aliphatic heterocycles. The van der Waals surface area contributed by atoms with Crippen molar-refractivity contribution in [2.75, 3.05) is 13.7 Å². The first-order valence-electron chi connectivity index (χ1n) is 6.83. The van der Waals surface area contributed by atoms with Gasteiger partial charge in [-0.3, -0.25) is 0 Å². The Kier molecular flexibility index (Phi) is 5.17. The lowest BCUT2D eigenvalue weighted by Crippen LogP contribution is -2.03. The summed E-state index contributed by atoms with van der Waals surface area (Å²) in [7, 11) is 1.62. The van der Waals surface area contributed by atoms with E-state index >= 15 is 0 Å². The summed E-state index contributed by atoms with van der Waals surface area (Å²) in [5.74, 6) is 0.551. The molecule has 0 spiro atoms.